The van der Waals surface area contributed by atoms with Gasteiger partial charge in [-0.3, -0.25) is 14.4 Å². The number of hydrogen-bond donors (Lipinski definition) is 0. The number of amides is 3. The van der Waals surface area contributed by atoms with Crippen molar-refractivity contribution in [3.05, 3.63) is 24.3 Å². The highest BCUT2D eigenvalue weighted by molar-refractivity contribution is 6.05. The van der Waals surface area contributed by atoms with Crippen LogP contribution in [0.3, 0.4) is 0 Å². The highest BCUT2D eigenvalue weighted by Gasteiger charge is 2.32. The highest BCUT2D eigenvalue weighted by atomic mass is 16.2. The molecule has 3 amide bonds. The molecule has 1 unspecified atom stereocenters. The van der Waals surface area contributed by atoms with Crippen LogP contribution in [0.15, 0.2) is 24.3 Å². The number of nitrogens with zero attached hydrogens (tertiary/aromatic N) is 3. The molecule has 0 saturated carbocycles. The molecule has 0 N–H and O–H groups in total. The van der Waals surface area contributed by atoms with Crippen LogP contribution < -0.4 is 9.80 Å². The van der Waals surface area contributed by atoms with Gasteiger partial charge >= 0.3 is 0 Å². The van der Waals surface area contributed by atoms with E-state index in [9.17, 15) is 14.4 Å². The minimum absolute atomic E-state index is 0.0142. The molecule has 2 rings (SSSR count). The van der Waals surface area contributed by atoms with Crippen LogP contribution in [0.25, 0.3) is 0 Å². The first-order valence-corrected chi connectivity index (χ1v) is 9.93. The molecule has 1 aromatic carbocycles. The number of para-hydroxylation sites is 2. The minimum Gasteiger partial charge on any atom is -0.341 e. The summed E-state index contributed by atoms with van der Waals surface area (Å²) in [6.45, 7) is 7.78. The van der Waals surface area contributed by atoms with E-state index in [1.165, 1.54) is 0 Å². The molecule has 0 fully saturated rings. The standard InChI is InChI=1S/C21H31N3O3/c1-4-6-12-22(13-7-5-2)20(26)15-24-19-11-9-8-10-18(19)23(16-25)14-17(3)21(24)27/h8-11,16-17H,4-7,12-15H2,1-3H3. The lowest BCUT2D eigenvalue weighted by Gasteiger charge is -2.28. The first-order chi connectivity index (χ1) is 13.0. The third-order valence-corrected chi connectivity index (χ3v) is 4.98. The Bertz CT molecular complexity index is 654. The third-order valence-electron chi connectivity index (χ3n) is 4.98. The summed E-state index contributed by atoms with van der Waals surface area (Å²) in [6.07, 6.45) is 4.70. The first-order valence-electron chi connectivity index (χ1n) is 9.93. The maximum Gasteiger partial charge on any atom is 0.242 e. The zero-order chi connectivity index (χ0) is 19.8. The van der Waals surface area contributed by atoms with Crippen molar-refractivity contribution >= 4 is 29.6 Å². The van der Waals surface area contributed by atoms with Gasteiger partial charge in [0.25, 0.3) is 0 Å². The van der Waals surface area contributed by atoms with Gasteiger partial charge in [0, 0.05) is 19.6 Å². The van der Waals surface area contributed by atoms with Crippen LogP contribution in [0.1, 0.15) is 46.5 Å². The monoisotopic (exact) mass is 373 g/mol. The molecule has 1 aliphatic rings. The van der Waals surface area contributed by atoms with Crippen LogP contribution in [0.2, 0.25) is 0 Å². The third kappa shape index (κ3) is 5.08. The summed E-state index contributed by atoms with van der Waals surface area (Å²) >= 11 is 0. The topological polar surface area (TPSA) is 60.9 Å². The Morgan fingerprint density at radius 1 is 1.15 bits per heavy atom. The average molecular weight is 373 g/mol. The Morgan fingerprint density at radius 3 is 2.30 bits per heavy atom. The molecule has 1 aromatic rings. The molecule has 0 aliphatic carbocycles. The molecule has 0 bridgehead atoms. The van der Waals surface area contributed by atoms with Crippen molar-refractivity contribution in [3.63, 3.8) is 0 Å². The summed E-state index contributed by atoms with van der Waals surface area (Å²) in [5.74, 6) is -0.520. The normalized spacial score (nSPS) is 16.7. The van der Waals surface area contributed by atoms with Crippen molar-refractivity contribution in [2.24, 2.45) is 5.92 Å². The molecule has 27 heavy (non-hydrogen) atoms. The average Bonchev–Trinajstić information content (AvgIpc) is 2.78. The second-order valence-electron chi connectivity index (χ2n) is 7.16. The number of rotatable bonds is 9. The first kappa shape index (κ1) is 20.9. The van der Waals surface area contributed by atoms with Gasteiger partial charge in [0.1, 0.15) is 6.54 Å². The van der Waals surface area contributed by atoms with Crippen molar-refractivity contribution < 1.29 is 14.4 Å². The maximum atomic E-state index is 13.0. The number of hydrogen-bond acceptors (Lipinski definition) is 3. The Kier molecular flexibility index (Phi) is 7.82. The van der Waals surface area contributed by atoms with Crippen LogP contribution >= 0.6 is 0 Å². The quantitative estimate of drug-likeness (QED) is 0.625. The predicted molar refractivity (Wildman–Crippen MR) is 108 cm³/mol. The van der Waals surface area contributed by atoms with Gasteiger partial charge in [-0.15, -0.1) is 0 Å². The molecule has 1 heterocycles. The molecule has 6 nitrogen and oxygen atoms in total. The van der Waals surface area contributed by atoms with Crippen molar-refractivity contribution in [3.8, 4) is 0 Å². The van der Waals surface area contributed by atoms with Crippen LogP contribution in [-0.4, -0.2) is 49.3 Å². The Balaban J connectivity index is 2.28. The van der Waals surface area contributed by atoms with Crippen LogP contribution in [-0.2, 0) is 14.4 Å². The molecule has 0 radical (unpaired) electrons. The summed E-state index contributed by atoms with van der Waals surface area (Å²) in [7, 11) is 0. The van der Waals surface area contributed by atoms with Crippen molar-refractivity contribution in [2.75, 3.05) is 36.0 Å². The van der Waals surface area contributed by atoms with Crippen LogP contribution in [0, 0.1) is 5.92 Å². The fourth-order valence-electron chi connectivity index (χ4n) is 3.35. The molecule has 1 aliphatic heterocycles. The molecule has 0 saturated heterocycles. The smallest absolute Gasteiger partial charge is 0.242 e. The van der Waals surface area contributed by atoms with Gasteiger partial charge in [0.15, 0.2) is 0 Å². The number of carbonyl (C=O) groups excluding carboxylic acids is 3. The Morgan fingerprint density at radius 2 is 1.74 bits per heavy atom. The lowest BCUT2D eigenvalue weighted by molar-refractivity contribution is -0.132. The Hall–Kier alpha value is -2.37. The molecule has 6 heteroatoms. The van der Waals surface area contributed by atoms with E-state index in [0.29, 0.717) is 17.9 Å². The van der Waals surface area contributed by atoms with E-state index >= 15 is 0 Å². The number of carbonyl (C=O) groups is 3. The maximum absolute atomic E-state index is 13.0. The van der Waals surface area contributed by atoms with Gasteiger partial charge in [-0.1, -0.05) is 45.7 Å². The summed E-state index contributed by atoms with van der Waals surface area (Å²) < 4.78 is 0. The lowest BCUT2D eigenvalue weighted by Crippen LogP contribution is -2.45. The summed E-state index contributed by atoms with van der Waals surface area (Å²) in [5.41, 5.74) is 1.30. The summed E-state index contributed by atoms with van der Waals surface area (Å²) in [6, 6.07) is 7.29. The number of anilines is 2. The molecule has 1 atom stereocenters. The van der Waals surface area contributed by atoms with E-state index in [1.807, 2.05) is 23.1 Å². The number of fused-ring (bicyclic) bond motifs is 1. The van der Waals surface area contributed by atoms with E-state index in [0.717, 1.165) is 45.2 Å². The van der Waals surface area contributed by atoms with Gasteiger partial charge in [0.05, 0.1) is 17.3 Å². The molecule has 0 aromatic heterocycles. The fraction of sp³-hybridized carbons (Fsp3) is 0.571. The Labute approximate surface area is 162 Å². The van der Waals surface area contributed by atoms with Crippen molar-refractivity contribution in [1.29, 1.82) is 0 Å². The predicted octanol–water partition coefficient (Wildman–Crippen LogP) is 3.06. The second-order valence-corrected chi connectivity index (χ2v) is 7.16. The molecular formula is C21H31N3O3. The molecule has 148 valence electrons. The zero-order valence-corrected chi connectivity index (χ0v) is 16.7. The van der Waals surface area contributed by atoms with Gasteiger partial charge in [-0.2, -0.15) is 0 Å². The van der Waals surface area contributed by atoms with Crippen LogP contribution in [0.4, 0.5) is 11.4 Å². The number of benzene rings is 1. The zero-order valence-electron chi connectivity index (χ0n) is 16.7. The highest BCUT2D eigenvalue weighted by Crippen LogP contribution is 2.33. The van der Waals surface area contributed by atoms with Crippen LogP contribution in [0.5, 0.6) is 0 Å². The lowest BCUT2D eigenvalue weighted by atomic mass is 10.1. The van der Waals surface area contributed by atoms with Crippen molar-refractivity contribution in [1.82, 2.24) is 4.90 Å². The largest absolute Gasteiger partial charge is 0.341 e. The van der Waals surface area contributed by atoms with E-state index in [1.54, 1.807) is 22.8 Å². The van der Waals surface area contributed by atoms with Gasteiger partial charge in [-0.25, -0.2) is 0 Å². The minimum atomic E-state index is -0.366. The second kappa shape index (κ2) is 10.1. The SMILES string of the molecule is CCCCN(CCCC)C(=O)CN1C(=O)C(C)CN(C=O)c2ccccc21. The molecular weight excluding hydrogens is 342 g/mol. The summed E-state index contributed by atoms with van der Waals surface area (Å²) in [5, 5.41) is 0. The molecule has 0 spiro atoms. The van der Waals surface area contributed by atoms with E-state index in [-0.39, 0.29) is 24.3 Å². The number of unbranched alkanes of at least 4 members (excludes halogenated alkanes) is 2. The van der Waals surface area contributed by atoms with Gasteiger partial charge < -0.3 is 14.7 Å². The van der Waals surface area contributed by atoms with E-state index in [2.05, 4.69) is 13.8 Å². The van der Waals surface area contributed by atoms with Gasteiger partial charge in [0.2, 0.25) is 18.2 Å². The fourth-order valence-corrected chi connectivity index (χ4v) is 3.35. The van der Waals surface area contributed by atoms with Crippen molar-refractivity contribution in [2.45, 2.75) is 46.5 Å². The van der Waals surface area contributed by atoms with E-state index in [4.69, 9.17) is 0 Å². The van der Waals surface area contributed by atoms with Gasteiger partial charge in [-0.05, 0) is 25.0 Å². The summed E-state index contributed by atoms with van der Waals surface area (Å²) in [4.78, 5) is 42.5. The van der Waals surface area contributed by atoms with E-state index < -0.39 is 0 Å².